The molecule has 0 saturated heterocycles. The molecule has 204 valence electrons. The maximum atomic E-state index is 13.6. The van der Waals surface area contributed by atoms with Crippen LogP contribution in [0.15, 0.2) is 59.9 Å². The minimum atomic E-state index is -3.75. The Kier molecular flexibility index (Phi) is 8.89. The van der Waals surface area contributed by atoms with Crippen LogP contribution in [-0.2, 0) is 39.1 Å². The van der Waals surface area contributed by atoms with E-state index in [1.165, 1.54) is 4.31 Å². The van der Waals surface area contributed by atoms with Crippen molar-refractivity contribution in [3.63, 3.8) is 0 Å². The smallest absolute Gasteiger partial charge is 0.306 e. The lowest BCUT2D eigenvalue weighted by atomic mass is 9.88. The normalized spacial score (nSPS) is 17.7. The summed E-state index contributed by atoms with van der Waals surface area (Å²) in [5.74, 6) is 0.0632. The predicted molar refractivity (Wildman–Crippen MR) is 146 cm³/mol. The van der Waals surface area contributed by atoms with E-state index < -0.39 is 10.0 Å². The van der Waals surface area contributed by atoms with Crippen molar-refractivity contribution in [3.8, 4) is 5.75 Å². The summed E-state index contributed by atoms with van der Waals surface area (Å²) in [7, 11) is -3.75. The Bertz CT molecular complexity index is 1370. The van der Waals surface area contributed by atoms with Crippen LogP contribution in [0.5, 0.6) is 5.75 Å². The van der Waals surface area contributed by atoms with E-state index in [1.807, 2.05) is 49.1 Å². The van der Waals surface area contributed by atoms with E-state index in [1.54, 1.807) is 31.2 Å². The summed E-state index contributed by atoms with van der Waals surface area (Å²) in [6, 6.07) is 12.9. The summed E-state index contributed by atoms with van der Waals surface area (Å²) in [5.41, 5.74) is 3.87. The lowest BCUT2D eigenvalue weighted by molar-refractivity contribution is -0.143. The standard InChI is InChI=1S/C29H37N3O5S/c1-5-31-19-26(30-20-31)14-13-24(16-29(33)36-6-2)23-12-11-21(3)25(15-23)18-32-17-22(4)37-27-9-7-8-10-28(27)38(32,34)35/h7-12,15,19-20,22,24H,5-6,13-14,16-18H2,1-4H3. The SMILES string of the molecule is CCOC(=O)CC(CCc1cn(CC)cn1)c1ccc(C)c(CN2CC(C)Oc3ccccc3S2(=O)=O)c1. The van der Waals surface area contributed by atoms with E-state index in [4.69, 9.17) is 9.47 Å². The van der Waals surface area contributed by atoms with Gasteiger partial charge < -0.3 is 14.0 Å². The first kappa shape index (κ1) is 27.9. The number of sulfonamides is 1. The molecule has 0 amide bonds. The van der Waals surface area contributed by atoms with Crippen LogP contribution in [0.2, 0.25) is 0 Å². The fraction of sp³-hybridized carbons (Fsp3) is 0.448. The van der Waals surface area contributed by atoms with Crippen molar-refractivity contribution >= 4 is 16.0 Å². The Morgan fingerprint density at radius 1 is 1.21 bits per heavy atom. The molecule has 38 heavy (non-hydrogen) atoms. The van der Waals surface area contributed by atoms with Crippen molar-refractivity contribution in [1.29, 1.82) is 0 Å². The number of rotatable bonds is 10. The summed E-state index contributed by atoms with van der Waals surface area (Å²) >= 11 is 0. The maximum absolute atomic E-state index is 13.6. The van der Waals surface area contributed by atoms with Crippen molar-refractivity contribution in [2.75, 3.05) is 13.2 Å². The molecule has 0 saturated carbocycles. The zero-order chi connectivity index (χ0) is 27.3. The van der Waals surface area contributed by atoms with Crippen LogP contribution in [0.25, 0.3) is 0 Å². The van der Waals surface area contributed by atoms with Crippen molar-refractivity contribution in [1.82, 2.24) is 13.9 Å². The van der Waals surface area contributed by atoms with Crippen LogP contribution in [0, 0.1) is 6.92 Å². The van der Waals surface area contributed by atoms with Gasteiger partial charge in [-0.05, 0) is 75.3 Å². The topological polar surface area (TPSA) is 90.7 Å². The van der Waals surface area contributed by atoms with Gasteiger partial charge in [-0.25, -0.2) is 13.4 Å². The second-order valence-electron chi connectivity index (χ2n) is 9.80. The van der Waals surface area contributed by atoms with Gasteiger partial charge >= 0.3 is 5.97 Å². The van der Waals surface area contributed by atoms with Gasteiger partial charge in [0.15, 0.2) is 0 Å². The Hall–Kier alpha value is -3.17. The monoisotopic (exact) mass is 539 g/mol. The second kappa shape index (κ2) is 12.1. The van der Waals surface area contributed by atoms with Gasteiger partial charge in [0.25, 0.3) is 0 Å². The molecule has 0 radical (unpaired) electrons. The van der Waals surface area contributed by atoms with Crippen LogP contribution < -0.4 is 4.74 Å². The summed E-state index contributed by atoms with van der Waals surface area (Å²) in [6.45, 7) is 9.38. The van der Waals surface area contributed by atoms with Gasteiger partial charge in [0, 0.05) is 19.3 Å². The largest absolute Gasteiger partial charge is 0.488 e. The van der Waals surface area contributed by atoms with E-state index in [0.29, 0.717) is 12.4 Å². The maximum Gasteiger partial charge on any atom is 0.306 e. The Labute approximate surface area is 225 Å². The van der Waals surface area contributed by atoms with E-state index >= 15 is 0 Å². The third-order valence-corrected chi connectivity index (χ3v) is 8.82. The van der Waals surface area contributed by atoms with Gasteiger partial charge in [-0.3, -0.25) is 4.79 Å². The van der Waals surface area contributed by atoms with Crippen LogP contribution in [-0.4, -0.2) is 47.5 Å². The van der Waals surface area contributed by atoms with Crippen LogP contribution in [0.4, 0.5) is 0 Å². The Morgan fingerprint density at radius 2 is 2.00 bits per heavy atom. The fourth-order valence-electron chi connectivity index (χ4n) is 4.83. The highest BCUT2D eigenvalue weighted by Crippen LogP contribution is 2.33. The van der Waals surface area contributed by atoms with Gasteiger partial charge in [-0.2, -0.15) is 4.31 Å². The first-order valence-electron chi connectivity index (χ1n) is 13.2. The van der Waals surface area contributed by atoms with Crippen LogP contribution in [0.1, 0.15) is 61.9 Å². The summed E-state index contributed by atoms with van der Waals surface area (Å²) in [5, 5.41) is 0. The molecule has 8 nitrogen and oxygen atoms in total. The van der Waals surface area contributed by atoms with Crippen LogP contribution >= 0.6 is 0 Å². The van der Waals surface area contributed by atoms with Gasteiger partial charge in [0.1, 0.15) is 16.7 Å². The molecule has 2 heterocycles. The van der Waals surface area contributed by atoms with Gasteiger partial charge in [0.05, 0.1) is 31.6 Å². The molecule has 1 aliphatic heterocycles. The lowest BCUT2D eigenvalue weighted by Crippen LogP contribution is -2.35. The molecule has 0 bridgehead atoms. The Morgan fingerprint density at radius 3 is 2.74 bits per heavy atom. The molecule has 1 aromatic heterocycles. The molecular weight excluding hydrogens is 502 g/mol. The zero-order valence-electron chi connectivity index (χ0n) is 22.6. The number of benzene rings is 2. The van der Waals surface area contributed by atoms with E-state index in [2.05, 4.69) is 11.9 Å². The average molecular weight is 540 g/mol. The highest BCUT2D eigenvalue weighted by Gasteiger charge is 2.33. The number of imidazole rings is 1. The highest BCUT2D eigenvalue weighted by atomic mass is 32.2. The number of esters is 1. The molecule has 3 aromatic rings. The number of para-hydroxylation sites is 1. The van der Waals surface area contributed by atoms with Gasteiger partial charge in [0.2, 0.25) is 10.0 Å². The minimum absolute atomic E-state index is 0.0797. The van der Waals surface area contributed by atoms with E-state index in [9.17, 15) is 13.2 Å². The molecule has 9 heteroatoms. The van der Waals surface area contributed by atoms with Crippen molar-refractivity contribution < 1.29 is 22.7 Å². The fourth-order valence-corrected chi connectivity index (χ4v) is 6.45. The number of hydrogen-bond donors (Lipinski definition) is 0. The van der Waals surface area contributed by atoms with E-state index in [0.717, 1.165) is 41.8 Å². The molecule has 0 N–H and O–H groups in total. The van der Waals surface area contributed by atoms with Crippen molar-refractivity contribution in [3.05, 3.63) is 77.4 Å². The predicted octanol–water partition coefficient (Wildman–Crippen LogP) is 4.85. The lowest BCUT2D eigenvalue weighted by Gasteiger charge is -2.24. The Balaban J connectivity index is 1.61. The zero-order valence-corrected chi connectivity index (χ0v) is 23.4. The number of carbonyl (C=O) groups excluding carboxylic acids is 1. The average Bonchev–Trinajstić information content (AvgIpc) is 3.32. The summed E-state index contributed by atoms with van der Waals surface area (Å²) < 4.78 is 41.9. The number of ether oxygens (including phenoxy) is 2. The molecule has 4 rings (SSSR count). The van der Waals surface area contributed by atoms with E-state index in [-0.39, 0.29) is 42.4 Å². The summed E-state index contributed by atoms with van der Waals surface area (Å²) in [6.07, 6.45) is 5.27. The molecule has 0 aliphatic carbocycles. The number of nitrogens with zero attached hydrogens (tertiary/aromatic N) is 3. The van der Waals surface area contributed by atoms with Gasteiger partial charge in [-0.1, -0.05) is 30.3 Å². The second-order valence-corrected chi connectivity index (χ2v) is 11.7. The molecule has 2 aromatic carbocycles. The molecule has 0 fully saturated rings. The molecule has 2 unspecified atom stereocenters. The number of aromatic nitrogens is 2. The minimum Gasteiger partial charge on any atom is -0.488 e. The van der Waals surface area contributed by atoms with Crippen molar-refractivity contribution in [2.24, 2.45) is 0 Å². The molecule has 0 spiro atoms. The quantitative estimate of drug-likeness (QED) is 0.342. The number of aryl methyl sites for hydroxylation is 3. The molecule has 2 atom stereocenters. The molecule has 1 aliphatic rings. The first-order valence-corrected chi connectivity index (χ1v) is 14.7. The molecular formula is C29H37N3O5S. The number of hydrogen-bond acceptors (Lipinski definition) is 6. The highest BCUT2D eigenvalue weighted by molar-refractivity contribution is 7.89. The first-order chi connectivity index (χ1) is 18.2. The third kappa shape index (κ3) is 6.45. The number of fused-ring (bicyclic) bond motifs is 1. The van der Waals surface area contributed by atoms with Gasteiger partial charge in [-0.15, -0.1) is 0 Å². The number of carbonyl (C=O) groups is 1. The summed E-state index contributed by atoms with van der Waals surface area (Å²) in [4.78, 5) is 17.2. The van der Waals surface area contributed by atoms with Crippen LogP contribution in [0.3, 0.4) is 0 Å². The third-order valence-electron chi connectivity index (χ3n) is 6.97. The van der Waals surface area contributed by atoms with Crippen molar-refractivity contribution in [2.45, 2.75) is 77.0 Å².